The highest BCUT2D eigenvalue weighted by molar-refractivity contribution is 5.75. The highest BCUT2D eigenvalue weighted by Crippen LogP contribution is 2.14. The number of hydrogen-bond donors (Lipinski definition) is 1. The van der Waals surface area contributed by atoms with E-state index in [2.05, 4.69) is 0 Å². The Hall–Kier alpha value is -0.570. The molecule has 0 spiro atoms. The Kier molecular flexibility index (Phi) is 4.40. The molecule has 1 N–H and O–H groups in total. The van der Waals surface area contributed by atoms with Crippen molar-refractivity contribution >= 4 is 5.97 Å². The topological polar surface area (TPSA) is 46.5 Å². The number of ether oxygens (including phenoxy) is 1. The van der Waals surface area contributed by atoms with Gasteiger partial charge in [-0.1, -0.05) is 20.3 Å². The van der Waals surface area contributed by atoms with Crippen LogP contribution >= 0.6 is 0 Å². The van der Waals surface area contributed by atoms with Crippen LogP contribution in [-0.4, -0.2) is 22.8 Å². The number of aliphatic hydroxyl groups is 1. The van der Waals surface area contributed by atoms with Gasteiger partial charge in [0.05, 0.1) is 0 Å². The maximum absolute atomic E-state index is 11.3. The van der Waals surface area contributed by atoms with Crippen LogP contribution in [0.15, 0.2) is 0 Å². The number of carbonyl (C=O) groups is 1. The van der Waals surface area contributed by atoms with Gasteiger partial charge in [0, 0.05) is 0 Å². The second-order valence-corrected chi connectivity index (χ2v) is 4.36. The van der Waals surface area contributed by atoms with Gasteiger partial charge in [0.2, 0.25) is 0 Å². The van der Waals surface area contributed by atoms with Gasteiger partial charge in [-0.05, 0) is 26.7 Å². The molecule has 0 aromatic heterocycles. The summed E-state index contributed by atoms with van der Waals surface area (Å²) in [5.74, 6) is -0.573. The molecule has 0 aliphatic rings. The molecule has 0 bridgehead atoms. The monoisotopic (exact) mass is 188 g/mol. The zero-order chi connectivity index (χ0) is 10.6. The summed E-state index contributed by atoms with van der Waals surface area (Å²) in [5, 5.41) is 9.48. The standard InChI is InChI=1S/C10H20O3/c1-6-7(2)8(11)9(12)13-10(3,4)5/h7-8,11H,6H2,1-5H3/t7?,8-/m0/s1. The van der Waals surface area contributed by atoms with Crippen molar-refractivity contribution in [3.8, 4) is 0 Å². The van der Waals surface area contributed by atoms with E-state index >= 15 is 0 Å². The second-order valence-electron chi connectivity index (χ2n) is 4.36. The predicted octanol–water partition coefficient (Wildman–Crippen LogP) is 1.74. The fourth-order valence-corrected chi connectivity index (χ4v) is 0.818. The molecular formula is C10H20O3. The van der Waals surface area contributed by atoms with Crippen molar-refractivity contribution in [1.82, 2.24) is 0 Å². The maximum Gasteiger partial charge on any atom is 0.335 e. The number of rotatable bonds is 3. The lowest BCUT2D eigenvalue weighted by atomic mass is 10.0. The fourth-order valence-electron chi connectivity index (χ4n) is 0.818. The maximum atomic E-state index is 11.3. The third-order valence-corrected chi connectivity index (χ3v) is 1.83. The van der Waals surface area contributed by atoms with Gasteiger partial charge in [-0.25, -0.2) is 4.79 Å². The van der Waals surface area contributed by atoms with Crippen LogP contribution in [0.4, 0.5) is 0 Å². The zero-order valence-corrected chi connectivity index (χ0v) is 9.13. The molecule has 3 heteroatoms. The fraction of sp³-hybridized carbons (Fsp3) is 0.900. The van der Waals surface area contributed by atoms with E-state index in [1.807, 2.05) is 13.8 Å². The second kappa shape index (κ2) is 4.61. The molecule has 0 fully saturated rings. The van der Waals surface area contributed by atoms with Gasteiger partial charge in [0.15, 0.2) is 6.10 Å². The Morgan fingerprint density at radius 2 is 1.92 bits per heavy atom. The molecule has 0 aromatic rings. The lowest BCUT2D eigenvalue weighted by Gasteiger charge is -2.23. The summed E-state index contributed by atoms with van der Waals surface area (Å²) in [6, 6.07) is 0. The van der Waals surface area contributed by atoms with Gasteiger partial charge in [-0.15, -0.1) is 0 Å². The summed E-state index contributed by atoms with van der Waals surface area (Å²) in [7, 11) is 0. The van der Waals surface area contributed by atoms with E-state index < -0.39 is 17.7 Å². The molecule has 0 rings (SSSR count). The lowest BCUT2D eigenvalue weighted by Crippen LogP contribution is -2.35. The smallest absolute Gasteiger partial charge is 0.335 e. The zero-order valence-electron chi connectivity index (χ0n) is 9.13. The molecule has 2 atom stereocenters. The van der Waals surface area contributed by atoms with Gasteiger partial charge in [0.25, 0.3) is 0 Å². The molecule has 0 heterocycles. The number of carbonyl (C=O) groups excluding carboxylic acids is 1. The SMILES string of the molecule is CCC(C)[C@H](O)C(=O)OC(C)(C)C. The Balaban J connectivity index is 4.12. The number of esters is 1. The summed E-state index contributed by atoms with van der Waals surface area (Å²) in [6.45, 7) is 9.11. The van der Waals surface area contributed by atoms with Crippen molar-refractivity contribution in [3.05, 3.63) is 0 Å². The summed E-state index contributed by atoms with van der Waals surface area (Å²) in [5.41, 5.74) is -0.522. The molecule has 13 heavy (non-hydrogen) atoms. The molecule has 0 aromatic carbocycles. The van der Waals surface area contributed by atoms with E-state index in [9.17, 15) is 9.90 Å². The first-order valence-corrected chi connectivity index (χ1v) is 4.69. The lowest BCUT2D eigenvalue weighted by molar-refractivity contribution is -0.167. The molecule has 0 saturated carbocycles. The van der Waals surface area contributed by atoms with E-state index in [-0.39, 0.29) is 5.92 Å². The van der Waals surface area contributed by atoms with Crippen molar-refractivity contribution < 1.29 is 14.6 Å². The van der Waals surface area contributed by atoms with Crippen molar-refractivity contribution in [3.63, 3.8) is 0 Å². The molecule has 0 aliphatic heterocycles. The van der Waals surface area contributed by atoms with Crippen LogP contribution in [0.25, 0.3) is 0 Å². The molecule has 0 aliphatic carbocycles. The Morgan fingerprint density at radius 3 is 2.23 bits per heavy atom. The summed E-state index contributed by atoms with van der Waals surface area (Å²) in [6.07, 6.45) is -0.232. The molecule has 78 valence electrons. The van der Waals surface area contributed by atoms with Crippen LogP contribution in [-0.2, 0) is 9.53 Å². The third-order valence-electron chi connectivity index (χ3n) is 1.83. The number of hydrogen-bond acceptors (Lipinski definition) is 3. The average molecular weight is 188 g/mol. The Morgan fingerprint density at radius 1 is 1.46 bits per heavy atom. The highest BCUT2D eigenvalue weighted by Gasteiger charge is 2.26. The normalized spacial score (nSPS) is 16.5. The van der Waals surface area contributed by atoms with Gasteiger partial charge in [-0.3, -0.25) is 0 Å². The Labute approximate surface area is 80.1 Å². The van der Waals surface area contributed by atoms with Crippen LogP contribution in [0.3, 0.4) is 0 Å². The van der Waals surface area contributed by atoms with Crippen LogP contribution in [0.1, 0.15) is 41.0 Å². The highest BCUT2D eigenvalue weighted by atomic mass is 16.6. The van der Waals surface area contributed by atoms with Gasteiger partial charge in [0.1, 0.15) is 5.60 Å². The van der Waals surface area contributed by atoms with Gasteiger partial charge < -0.3 is 9.84 Å². The first kappa shape index (κ1) is 12.4. The minimum atomic E-state index is -0.996. The number of aliphatic hydroxyl groups excluding tert-OH is 1. The predicted molar refractivity (Wildman–Crippen MR) is 51.3 cm³/mol. The van der Waals surface area contributed by atoms with Gasteiger partial charge >= 0.3 is 5.97 Å². The van der Waals surface area contributed by atoms with Crippen molar-refractivity contribution in [1.29, 1.82) is 0 Å². The molecule has 0 saturated heterocycles. The molecule has 0 amide bonds. The van der Waals surface area contributed by atoms with Crippen LogP contribution < -0.4 is 0 Å². The van der Waals surface area contributed by atoms with E-state index in [4.69, 9.17) is 4.74 Å². The van der Waals surface area contributed by atoms with E-state index in [1.54, 1.807) is 20.8 Å². The summed E-state index contributed by atoms with van der Waals surface area (Å²) >= 11 is 0. The van der Waals surface area contributed by atoms with Crippen LogP contribution in [0, 0.1) is 5.92 Å². The largest absolute Gasteiger partial charge is 0.458 e. The first-order chi connectivity index (χ1) is 5.78. The van der Waals surface area contributed by atoms with Crippen molar-refractivity contribution in [2.75, 3.05) is 0 Å². The molecule has 0 radical (unpaired) electrons. The van der Waals surface area contributed by atoms with E-state index in [1.165, 1.54) is 0 Å². The van der Waals surface area contributed by atoms with Crippen LogP contribution in [0.2, 0.25) is 0 Å². The van der Waals surface area contributed by atoms with Gasteiger partial charge in [-0.2, -0.15) is 0 Å². The molecule has 3 nitrogen and oxygen atoms in total. The molecule has 1 unspecified atom stereocenters. The van der Waals surface area contributed by atoms with Crippen LogP contribution in [0.5, 0.6) is 0 Å². The van der Waals surface area contributed by atoms with E-state index in [0.29, 0.717) is 0 Å². The van der Waals surface area contributed by atoms with Crippen molar-refractivity contribution in [2.45, 2.75) is 52.7 Å². The minimum absolute atomic E-state index is 0.0464. The van der Waals surface area contributed by atoms with E-state index in [0.717, 1.165) is 6.42 Å². The Bertz CT molecular complexity index is 169. The first-order valence-electron chi connectivity index (χ1n) is 4.69. The summed E-state index contributed by atoms with van der Waals surface area (Å²) in [4.78, 5) is 11.3. The van der Waals surface area contributed by atoms with Crippen molar-refractivity contribution in [2.24, 2.45) is 5.92 Å². The molecular weight excluding hydrogens is 168 g/mol. The minimum Gasteiger partial charge on any atom is -0.458 e. The summed E-state index contributed by atoms with van der Waals surface area (Å²) < 4.78 is 5.03. The quantitative estimate of drug-likeness (QED) is 0.686. The average Bonchev–Trinajstić information content (AvgIpc) is 1.98. The third kappa shape index (κ3) is 4.88.